The number of aliphatic imine (C=N–C) groups is 1. The molecule has 4 heteroatoms. The molecule has 1 aromatic rings. The van der Waals surface area contributed by atoms with Crippen molar-refractivity contribution in [3.8, 4) is 0 Å². The summed E-state index contributed by atoms with van der Waals surface area (Å²) in [7, 11) is 0. The SMILES string of the molecule is CCCC(CCO)CN=C(N)Nc1cccc(C)c1. The van der Waals surface area contributed by atoms with Gasteiger partial charge in [-0.25, -0.2) is 0 Å². The first-order valence-corrected chi connectivity index (χ1v) is 6.90. The van der Waals surface area contributed by atoms with Crippen LogP contribution in [0, 0.1) is 12.8 Å². The summed E-state index contributed by atoms with van der Waals surface area (Å²) in [6.45, 7) is 5.06. The Morgan fingerprint density at radius 2 is 2.21 bits per heavy atom. The van der Waals surface area contributed by atoms with Crippen molar-refractivity contribution in [1.29, 1.82) is 0 Å². The summed E-state index contributed by atoms with van der Waals surface area (Å²) in [5.41, 5.74) is 8.01. The largest absolute Gasteiger partial charge is 0.396 e. The molecule has 0 aromatic heterocycles. The monoisotopic (exact) mass is 263 g/mol. The summed E-state index contributed by atoms with van der Waals surface area (Å²) >= 11 is 0. The molecule has 1 atom stereocenters. The lowest BCUT2D eigenvalue weighted by Crippen LogP contribution is -2.24. The molecule has 0 fully saturated rings. The zero-order valence-corrected chi connectivity index (χ0v) is 11.9. The molecule has 0 aliphatic rings. The van der Waals surface area contributed by atoms with Gasteiger partial charge in [0, 0.05) is 18.8 Å². The number of nitrogens with one attached hydrogen (secondary N) is 1. The minimum absolute atomic E-state index is 0.214. The average molecular weight is 263 g/mol. The first-order chi connectivity index (χ1) is 9.15. The van der Waals surface area contributed by atoms with E-state index in [1.54, 1.807) is 0 Å². The summed E-state index contributed by atoms with van der Waals surface area (Å²) in [6, 6.07) is 8.01. The molecule has 106 valence electrons. The van der Waals surface area contributed by atoms with Gasteiger partial charge >= 0.3 is 0 Å². The van der Waals surface area contributed by atoms with Crippen LogP contribution in [0.5, 0.6) is 0 Å². The second-order valence-corrected chi connectivity index (χ2v) is 4.89. The van der Waals surface area contributed by atoms with Gasteiger partial charge < -0.3 is 16.2 Å². The molecule has 1 rings (SSSR count). The van der Waals surface area contributed by atoms with Gasteiger partial charge in [-0.15, -0.1) is 0 Å². The van der Waals surface area contributed by atoms with E-state index in [2.05, 4.69) is 17.2 Å². The molecule has 0 saturated carbocycles. The molecule has 4 N–H and O–H groups in total. The molecule has 0 bridgehead atoms. The number of hydrogen-bond donors (Lipinski definition) is 3. The van der Waals surface area contributed by atoms with Gasteiger partial charge in [-0.2, -0.15) is 0 Å². The zero-order chi connectivity index (χ0) is 14.1. The van der Waals surface area contributed by atoms with Gasteiger partial charge in [0.1, 0.15) is 0 Å². The third kappa shape index (κ3) is 6.25. The van der Waals surface area contributed by atoms with Gasteiger partial charge in [-0.3, -0.25) is 4.99 Å². The van der Waals surface area contributed by atoms with Gasteiger partial charge in [0.05, 0.1) is 0 Å². The fourth-order valence-electron chi connectivity index (χ4n) is 2.06. The van der Waals surface area contributed by atoms with Gasteiger partial charge in [0.25, 0.3) is 0 Å². The summed E-state index contributed by atoms with van der Waals surface area (Å²) < 4.78 is 0. The van der Waals surface area contributed by atoms with E-state index < -0.39 is 0 Å². The molecule has 4 nitrogen and oxygen atoms in total. The highest BCUT2D eigenvalue weighted by Gasteiger charge is 2.06. The van der Waals surface area contributed by atoms with Crippen LogP contribution >= 0.6 is 0 Å². The van der Waals surface area contributed by atoms with Crippen LogP contribution in [-0.2, 0) is 0 Å². The molecule has 19 heavy (non-hydrogen) atoms. The highest BCUT2D eigenvalue weighted by atomic mass is 16.3. The molecular formula is C15H25N3O. The first kappa shape index (κ1) is 15.5. The predicted octanol–water partition coefficient (Wildman–Crippen LogP) is 2.52. The number of nitrogens with zero attached hydrogens (tertiary/aromatic N) is 1. The van der Waals surface area contributed by atoms with Crippen LogP contribution in [-0.4, -0.2) is 24.2 Å². The number of hydrogen-bond acceptors (Lipinski definition) is 2. The molecule has 0 radical (unpaired) electrons. The number of guanidine groups is 1. The third-order valence-corrected chi connectivity index (χ3v) is 3.04. The lowest BCUT2D eigenvalue weighted by molar-refractivity contribution is 0.253. The molecular weight excluding hydrogens is 238 g/mol. The van der Waals surface area contributed by atoms with E-state index >= 15 is 0 Å². The number of aliphatic hydroxyl groups excluding tert-OH is 1. The lowest BCUT2D eigenvalue weighted by Gasteiger charge is -2.13. The Hall–Kier alpha value is -1.55. The number of rotatable bonds is 7. The fourth-order valence-corrected chi connectivity index (χ4v) is 2.06. The number of aryl methyl sites for hydroxylation is 1. The highest BCUT2D eigenvalue weighted by molar-refractivity contribution is 5.92. The van der Waals surface area contributed by atoms with Gasteiger partial charge in [0.15, 0.2) is 5.96 Å². The predicted molar refractivity (Wildman–Crippen MR) is 81.4 cm³/mol. The summed E-state index contributed by atoms with van der Waals surface area (Å²) in [5.74, 6) is 0.845. The van der Waals surface area contributed by atoms with Crippen molar-refractivity contribution >= 4 is 11.6 Å². The van der Waals surface area contributed by atoms with E-state index in [4.69, 9.17) is 10.8 Å². The van der Waals surface area contributed by atoms with Crippen LogP contribution < -0.4 is 11.1 Å². The third-order valence-electron chi connectivity index (χ3n) is 3.04. The lowest BCUT2D eigenvalue weighted by atomic mass is 10.0. The van der Waals surface area contributed by atoms with E-state index in [9.17, 15) is 0 Å². The normalized spacial score (nSPS) is 13.3. The standard InChI is InChI=1S/C15H25N3O/c1-3-5-13(8-9-19)11-17-15(16)18-14-7-4-6-12(2)10-14/h4,6-7,10,13,19H,3,5,8-9,11H2,1-2H3,(H3,16,17,18). The highest BCUT2D eigenvalue weighted by Crippen LogP contribution is 2.12. The minimum Gasteiger partial charge on any atom is -0.396 e. The minimum atomic E-state index is 0.214. The second kappa shape index (κ2) is 8.53. The molecule has 1 aromatic carbocycles. The van der Waals surface area contributed by atoms with Crippen LogP contribution in [0.15, 0.2) is 29.3 Å². The van der Waals surface area contributed by atoms with Crippen molar-refractivity contribution in [3.63, 3.8) is 0 Å². The van der Waals surface area contributed by atoms with Crippen LogP contribution in [0.25, 0.3) is 0 Å². The van der Waals surface area contributed by atoms with E-state index in [0.29, 0.717) is 18.4 Å². The Kier molecular flexibility index (Phi) is 6.97. The Labute approximate surface area is 115 Å². The van der Waals surface area contributed by atoms with Gasteiger partial charge in [0.2, 0.25) is 0 Å². The quantitative estimate of drug-likeness (QED) is 0.523. The van der Waals surface area contributed by atoms with Gasteiger partial charge in [-0.05, 0) is 43.4 Å². The molecule has 0 amide bonds. The van der Waals surface area contributed by atoms with Crippen LogP contribution in [0.1, 0.15) is 31.7 Å². The topological polar surface area (TPSA) is 70.6 Å². The van der Waals surface area contributed by atoms with Crippen molar-refractivity contribution in [2.75, 3.05) is 18.5 Å². The number of anilines is 1. The van der Waals surface area contributed by atoms with E-state index in [0.717, 1.165) is 24.9 Å². The van der Waals surface area contributed by atoms with Gasteiger partial charge in [-0.1, -0.05) is 25.5 Å². The fraction of sp³-hybridized carbons (Fsp3) is 0.533. The molecule has 0 aliphatic carbocycles. The van der Waals surface area contributed by atoms with Crippen molar-refractivity contribution < 1.29 is 5.11 Å². The Morgan fingerprint density at radius 3 is 2.84 bits per heavy atom. The van der Waals surface area contributed by atoms with Crippen molar-refractivity contribution in [2.24, 2.45) is 16.6 Å². The van der Waals surface area contributed by atoms with Crippen LogP contribution in [0.4, 0.5) is 5.69 Å². The maximum atomic E-state index is 9.00. The molecule has 0 heterocycles. The molecule has 0 aliphatic heterocycles. The van der Waals surface area contributed by atoms with Crippen molar-refractivity contribution in [1.82, 2.24) is 0 Å². The average Bonchev–Trinajstić information content (AvgIpc) is 2.36. The summed E-state index contributed by atoms with van der Waals surface area (Å²) in [5, 5.41) is 12.1. The maximum Gasteiger partial charge on any atom is 0.193 e. The van der Waals surface area contributed by atoms with Crippen LogP contribution in [0.3, 0.4) is 0 Å². The number of nitrogens with two attached hydrogens (primary N) is 1. The Bertz CT molecular complexity index is 398. The molecule has 0 saturated heterocycles. The number of benzene rings is 1. The second-order valence-electron chi connectivity index (χ2n) is 4.89. The first-order valence-electron chi connectivity index (χ1n) is 6.90. The molecule has 1 unspecified atom stereocenters. The van der Waals surface area contributed by atoms with E-state index in [1.165, 1.54) is 5.56 Å². The summed E-state index contributed by atoms with van der Waals surface area (Å²) in [4.78, 5) is 4.36. The summed E-state index contributed by atoms with van der Waals surface area (Å²) in [6.07, 6.45) is 2.96. The van der Waals surface area contributed by atoms with Crippen molar-refractivity contribution in [2.45, 2.75) is 33.1 Å². The van der Waals surface area contributed by atoms with Crippen LogP contribution in [0.2, 0.25) is 0 Å². The molecule has 0 spiro atoms. The zero-order valence-electron chi connectivity index (χ0n) is 11.9. The van der Waals surface area contributed by atoms with E-state index in [1.807, 2.05) is 31.2 Å². The van der Waals surface area contributed by atoms with E-state index in [-0.39, 0.29) is 6.61 Å². The Balaban J connectivity index is 2.51. The van der Waals surface area contributed by atoms with Crippen molar-refractivity contribution in [3.05, 3.63) is 29.8 Å². The number of aliphatic hydroxyl groups is 1. The maximum absolute atomic E-state index is 9.00. The Morgan fingerprint density at radius 1 is 1.42 bits per heavy atom. The smallest absolute Gasteiger partial charge is 0.193 e.